The van der Waals surface area contributed by atoms with Crippen LogP contribution in [0.3, 0.4) is 0 Å². The van der Waals surface area contributed by atoms with Crippen molar-refractivity contribution in [2.24, 2.45) is 11.8 Å². The molecular formula is C30H40N2O8. The molecule has 10 heteroatoms. The van der Waals surface area contributed by atoms with Gasteiger partial charge in [0.25, 0.3) is 0 Å². The van der Waals surface area contributed by atoms with Gasteiger partial charge in [-0.05, 0) is 43.5 Å². The highest BCUT2D eigenvalue weighted by atomic mass is 16.6. The largest absolute Gasteiger partial charge is 0.508 e. The van der Waals surface area contributed by atoms with Gasteiger partial charge in [0.15, 0.2) is 5.72 Å². The molecule has 4 N–H and O–H groups in total. The molecule has 0 unspecified atom stereocenters. The zero-order chi connectivity index (χ0) is 29.6. The Bertz CT molecular complexity index is 1200. The van der Waals surface area contributed by atoms with Gasteiger partial charge in [0, 0.05) is 31.2 Å². The minimum atomic E-state index is -1.74. The third kappa shape index (κ3) is 8.19. The number of methoxy groups -OCH3 is 1. The lowest BCUT2D eigenvalue weighted by Gasteiger charge is -2.41. The number of rotatable bonds is 3. The maximum Gasteiger partial charge on any atom is 0.409 e. The third-order valence-electron chi connectivity index (χ3n) is 6.95. The van der Waals surface area contributed by atoms with E-state index < -0.39 is 53.8 Å². The van der Waals surface area contributed by atoms with Crippen molar-refractivity contribution < 1.29 is 38.8 Å². The number of ether oxygens (including phenoxy) is 3. The van der Waals surface area contributed by atoms with E-state index in [2.05, 4.69) is 10.6 Å². The summed E-state index contributed by atoms with van der Waals surface area (Å²) in [4.78, 5) is 38.0. The monoisotopic (exact) mass is 556 g/mol. The molecule has 0 radical (unpaired) electrons. The van der Waals surface area contributed by atoms with Crippen LogP contribution in [0.5, 0.6) is 5.75 Å². The lowest BCUT2D eigenvalue weighted by molar-refractivity contribution is -0.151. The van der Waals surface area contributed by atoms with Gasteiger partial charge in [0.05, 0.1) is 12.3 Å². The second-order valence-corrected chi connectivity index (χ2v) is 10.9. The van der Waals surface area contributed by atoms with Crippen molar-refractivity contribution in [1.29, 1.82) is 0 Å². The number of fused-ring (bicyclic) bond motifs is 4. The summed E-state index contributed by atoms with van der Waals surface area (Å²) >= 11 is 0. The number of carbonyl (C=O) groups is 3. The minimum absolute atomic E-state index is 0.000550. The van der Waals surface area contributed by atoms with E-state index in [9.17, 15) is 24.6 Å². The van der Waals surface area contributed by atoms with Crippen LogP contribution in [-0.2, 0) is 30.2 Å². The third-order valence-corrected chi connectivity index (χ3v) is 6.95. The standard InChI is InChI=1S/C30H40N2O8/c1-17(2)28(35)39-24-15-27(34)31-22-12-21(13-23(33)14-22)10-18(3)8-7-9-26(38-6)30(37)16-25(40-29(36)32-30)20(5)11-19(24)4/h7-9,11-14,17,20,24-26,33,37H,10,15-16H2,1-6H3,(H,31,34)(H,32,36)/b9-7+,18-8+,19-11+/t20-,24-,25-,26+,30-/m0/s1. The Morgan fingerprint density at radius 1 is 1.20 bits per heavy atom. The number of hydrogen-bond donors (Lipinski definition) is 4. The summed E-state index contributed by atoms with van der Waals surface area (Å²) in [5.41, 5.74) is 0.965. The second-order valence-electron chi connectivity index (χ2n) is 10.9. The normalized spacial score (nSPS) is 31.5. The summed E-state index contributed by atoms with van der Waals surface area (Å²) in [5.74, 6) is -1.68. The molecule has 5 atom stereocenters. The van der Waals surface area contributed by atoms with Crippen molar-refractivity contribution in [3.8, 4) is 5.75 Å². The van der Waals surface area contributed by atoms with Crippen LogP contribution < -0.4 is 10.6 Å². The summed E-state index contributed by atoms with van der Waals surface area (Å²) < 4.78 is 16.7. The highest BCUT2D eigenvalue weighted by Gasteiger charge is 2.46. The van der Waals surface area contributed by atoms with Crippen LogP contribution in [-0.4, -0.2) is 59.3 Å². The number of benzene rings is 1. The lowest BCUT2D eigenvalue weighted by Crippen LogP contribution is -2.63. The van der Waals surface area contributed by atoms with E-state index in [-0.39, 0.29) is 18.6 Å². The Hall–Kier alpha value is -3.63. The Labute approximate surface area is 235 Å². The van der Waals surface area contributed by atoms with Gasteiger partial charge in [-0.15, -0.1) is 0 Å². The van der Waals surface area contributed by atoms with Crippen LogP contribution in [0.15, 0.2) is 53.6 Å². The number of hydrogen-bond acceptors (Lipinski definition) is 8. The van der Waals surface area contributed by atoms with E-state index in [4.69, 9.17) is 14.2 Å². The molecular weight excluding hydrogens is 516 g/mol. The molecule has 2 heterocycles. The van der Waals surface area contributed by atoms with E-state index in [1.54, 1.807) is 51.1 Å². The average Bonchev–Trinajstić information content (AvgIpc) is 2.84. The SMILES string of the molecule is CO[C@@H]1/C=C/C=C(\C)Cc2cc(O)cc(c2)NC(=O)C[C@H](OC(=O)C(C)C)/C(C)=C/[C@H](C)[C@@H]2C[C@@]1(O)NC(=O)O2. The minimum Gasteiger partial charge on any atom is -0.508 e. The summed E-state index contributed by atoms with van der Waals surface area (Å²) in [7, 11) is 1.44. The molecule has 1 fully saturated rings. The van der Waals surface area contributed by atoms with Crippen LogP contribution >= 0.6 is 0 Å². The number of phenols is 1. The summed E-state index contributed by atoms with van der Waals surface area (Å²) in [6.07, 6.45) is 4.08. The number of anilines is 1. The molecule has 40 heavy (non-hydrogen) atoms. The van der Waals surface area contributed by atoms with E-state index in [0.29, 0.717) is 17.7 Å². The van der Waals surface area contributed by atoms with Gasteiger partial charge in [-0.2, -0.15) is 0 Å². The van der Waals surface area contributed by atoms with Gasteiger partial charge in [-0.1, -0.05) is 50.6 Å². The summed E-state index contributed by atoms with van der Waals surface area (Å²) in [5, 5.41) is 27.0. The zero-order valence-electron chi connectivity index (χ0n) is 23.9. The van der Waals surface area contributed by atoms with Crippen molar-refractivity contribution in [1.82, 2.24) is 5.32 Å². The molecule has 3 rings (SSSR count). The highest BCUT2D eigenvalue weighted by molar-refractivity contribution is 5.91. The molecule has 1 saturated heterocycles. The number of aliphatic hydroxyl groups is 1. The molecule has 1 aromatic carbocycles. The second kappa shape index (κ2) is 13.1. The van der Waals surface area contributed by atoms with Crippen LogP contribution in [0.2, 0.25) is 0 Å². The Morgan fingerprint density at radius 2 is 1.93 bits per heavy atom. The molecule has 4 bridgehead atoms. The van der Waals surface area contributed by atoms with Gasteiger partial charge in [0.1, 0.15) is 24.1 Å². The molecule has 218 valence electrons. The van der Waals surface area contributed by atoms with Gasteiger partial charge in [-0.25, -0.2) is 4.79 Å². The maximum absolute atomic E-state index is 13.1. The number of nitrogens with one attached hydrogen (secondary N) is 2. The number of amides is 2. The Balaban J connectivity index is 2.05. The van der Waals surface area contributed by atoms with Crippen LogP contribution in [0.25, 0.3) is 0 Å². The number of phenolic OH excluding ortho intramolecular Hbond substituents is 1. The van der Waals surface area contributed by atoms with Gasteiger partial charge >= 0.3 is 12.1 Å². The average molecular weight is 557 g/mol. The molecule has 0 saturated carbocycles. The molecule has 1 aromatic rings. The van der Waals surface area contributed by atoms with Crippen molar-refractivity contribution in [3.63, 3.8) is 0 Å². The predicted molar refractivity (Wildman–Crippen MR) is 149 cm³/mol. The quantitative estimate of drug-likeness (QED) is 0.321. The first-order valence-corrected chi connectivity index (χ1v) is 13.4. The number of alkyl carbamates (subject to hydrolysis) is 1. The number of carbonyl (C=O) groups excluding carboxylic acids is 3. The van der Waals surface area contributed by atoms with Gasteiger partial charge < -0.3 is 29.7 Å². The lowest BCUT2D eigenvalue weighted by atomic mass is 9.89. The van der Waals surface area contributed by atoms with E-state index >= 15 is 0 Å². The topological polar surface area (TPSA) is 143 Å². The first-order chi connectivity index (χ1) is 18.8. The fourth-order valence-corrected chi connectivity index (χ4v) is 4.79. The van der Waals surface area contributed by atoms with Gasteiger partial charge in [-0.3, -0.25) is 14.9 Å². The van der Waals surface area contributed by atoms with Crippen LogP contribution in [0.4, 0.5) is 10.5 Å². The zero-order valence-corrected chi connectivity index (χ0v) is 23.9. The molecule has 10 nitrogen and oxygen atoms in total. The molecule has 2 aliphatic rings. The molecule has 2 amide bonds. The number of esters is 1. The molecule has 0 aliphatic carbocycles. The van der Waals surface area contributed by atoms with Crippen LogP contribution in [0.1, 0.15) is 53.0 Å². The van der Waals surface area contributed by atoms with Crippen molar-refractivity contribution in [2.45, 2.75) is 77.9 Å². The van der Waals surface area contributed by atoms with E-state index in [1.165, 1.54) is 13.2 Å². The predicted octanol–water partition coefficient (Wildman–Crippen LogP) is 4.13. The Kier molecular flexibility index (Phi) is 10.2. The molecule has 0 aromatic heterocycles. The first-order valence-electron chi connectivity index (χ1n) is 13.4. The number of allylic oxidation sites excluding steroid dienone is 3. The first kappa shape index (κ1) is 30.9. The Morgan fingerprint density at radius 3 is 2.60 bits per heavy atom. The maximum atomic E-state index is 13.1. The van der Waals surface area contributed by atoms with Gasteiger partial charge in [0.2, 0.25) is 5.91 Å². The summed E-state index contributed by atoms with van der Waals surface area (Å²) in [6.45, 7) is 8.86. The highest BCUT2D eigenvalue weighted by Crippen LogP contribution is 2.30. The fourth-order valence-electron chi connectivity index (χ4n) is 4.79. The van der Waals surface area contributed by atoms with Crippen molar-refractivity contribution >= 4 is 23.7 Å². The molecule has 2 aliphatic heterocycles. The van der Waals surface area contributed by atoms with Crippen LogP contribution in [0, 0.1) is 11.8 Å². The van der Waals surface area contributed by atoms with E-state index in [1.807, 2.05) is 19.9 Å². The number of aromatic hydroxyl groups is 1. The smallest absolute Gasteiger partial charge is 0.409 e. The molecule has 0 spiro atoms. The van der Waals surface area contributed by atoms with Crippen molar-refractivity contribution in [3.05, 3.63) is 59.2 Å². The van der Waals surface area contributed by atoms with E-state index in [0.717, 1.165) is 11.1 Å². The summed E-state index contributed by atoms with van der Waals surface area (Å²) in [6, 6.07) is 4.83. The van der Waals surface area contributed by atoms with Crippen molar-refractivity contribution in [2.75, 3.05) is 12.4 Å². The fraction of sp³-hybridized carbons (Fsp3) is 0.500.